The molecular formula is C19H21N5O5. The van der Waals surface area contributed by atoms with Crippen molar-refractivity contribution in [2.24, 2.45) is 4.99 Å². The van der Waals surface area contributed by atoms with Crippen LogP contribution in [0.15, 0.2) is 21.9 Å². The molecule has 10 heteroatoms. The van der Waals surface area contributed by atoms with Gasteiger partial charge in [-0.3, -0.25) is 14.4 Å². The quantitative estimate of drug-likeness (QED) is 0.497. The van der Waals surface area contributed by atoms with E-state index >= 15 is 0 Å². The number of aliphatic carboxylic acids is 2. The van der Waals surface area contributed by atoms with Crippen molar-refractivity contribution >= 4 is 35.7 Å². The van der Waals surface area contributed by atoms with E-state index in [1.807, 2.05) is 26.0 Å². The van der Waals surface area contributed by atoms with Crippen molar-refractivity contribution < 1.29 is 19.8 Å². The summed E-state index contributed by atoms with van der Waals surface area (Å²) < 4.78 is 0. The molecule has 0 unspecified atom stereocenters. The zero-order valence-corrected chi connectivity index (χ0v) is 16.0. The average Bonchev–Trinajstić information content (AvgIpc) is 2.62. The second kappa shape index (κ2) is 7.84. The molecule has 0 amide bonds. The number of carboxylic acids is 2. The third kappa shape index (κ3) is 4.16. The van der Waals surface area contributed by atoms with Crippen LogP contribution in [0.4, 0.5) is 17.2 Å². The standard InChI is InChI=1S/C19H21N5O5/c1-9-6-12-14(7-10(9)2)24(5-4-20-13(19(28)29)8-15(25)26)17-16(23-12)18(27)22-11(3)21-17/h6-7,13,20H,3-5,8H2,1-2H3,(H,22,27)(H,25,26)(H,28,29)/t13-/m0/s1. The van der Waals surface area contributed by atoms with Gasteiger partial charge < -0.3 is 25.4 Å². The molecule has 0 aliphatic carbocycles. The SMILES string of the molecule is C=c1nc2c(c(=O)[nH]1)=Nc1cc(C)c(C)cc1N2CCN[C@@H](CC(=O)O)C(=O)O. The van der Waals surface area contributed by atoms with E-state index in [1.165, 1.54) is 0 Å². The van der Waals surface area contributed by atoms with Gasteiger partial charge in [0.05, 0.1) is 17.8 Å². The molecule has 1 aromatic carbocycles. The molecule has 2 aromatic rings. The number of carboxylic acid groups (broad SMARTS) is 2. The first-order valence-corrected chi connectivity index (χ1v) is 8.92. The number of aromatic nitrogens is 2. The second-order valence-electron chi connectivity index (χ2n) is 6.82. The number of carbonyl (C=O) groups is 2. The number of hydrogen-bond acceptors (Lipinski definition) is 7. The lowest BCUT2D eigenvalue weighted by atomic mass is 10.1. The van der Waals surface area contributed by atoms with E-state index in [1.54, 1.807) is 4.90 Å². The highest BCUT2D eigenvalue weighted by Gasteiger charge is 2.25. The van der Waals surface area contributed by atoms with Gasteiger partial charge in [0, 0.05) is 13.1 Å². The predicted molar refractivity (Wildman–Crippen MR) is 105 cm³/mol. The molecule has 0 spiro atoms. The van der Waals surface area contributed by atoms with Crippen LogP contribution in [-0.4, -0.2) is 51.3 Å². The van der Waals surface area contributed by atoms with Gasteiger partial charge in [-0.2, -0.15) is 0 Å². The van der Waals surface area contributed by atoms with Crippen molar-refractivity contribution in [3.05, 3.63) is 44.5 Å². The Morgan fingerprint density at radius 3 is 2.62 bits per heavy atom. The van der Waals surface area contributed by atoms with E-state index in [-0.39, 0.29) is 23.9 Å². The summed E-state index contributed by atoms with van der Waals surface area (Å²) in [5.41, 5.74) is 3.13. The largest absolute Gasteiger partial charge is 0.481 e. The van der Waals surface area contributed by atoms with Crippen molar-refractivity contribution in [3.63, 3.8) is 0 Å². The summed E-state index contributed by atoms with van der Waals surface area (Å²) in [5.74, 6) is -2.14. The minimum atomic E-state index is -1.25. The van der Waals surface area contributed by atoms with E-state index < -0.39 is 30.0 Å². The Kier molecular flexibility index (Phi) is 5.46. The number of H-pyrrole nitrogens is 1. The summed E-state index contributed by atoms with van der Waals surface area (Å²) in [6.07, 6.45) is -0.545. The molecule has 152 valence electrons. The number of rotatable bonds is 7. The van der Waals surface area contributed by atoms with Crippen molar-refractivity contribution in [1.29, 1.82) is 0 Å². The Labute approximate surface area is 165 Å². The van der Waals surface area contributed by atoms with E-state index in [9.17, 15) is 19.5 Å². The number of aryl methyl sites for hydroxylation is 2. The first kappa shape index (κ1) is 20.2. The highest BCUT2D eigenvalue weighted by Crippen LogP contribution is 2.36. The molecule has 0 fully saturated rings. The maximum atomic E-state index is 12.4. The zero-order chi connectivity index (χ0) is 21.3. The Hall–Kier alpha value is -3.53. The summed E-state index contributed by atoms with van der Waals surface area (Å²) in [7, 11) is 0. The van der Waals surface area contributed by atoms with Crippen LogP contribution < -0.4 is 26.6 Å². The minimum Gasteiger partial charge on any atom is -0.481 e. The second-order valence-corrected chi connectivity index (χ2v) is 6.82. The van der Waals surface area contributed by atoms with Crippen LogP contribution in [0.25, 0.3) is 6.58 Å². The number of benzene rings is 1. The molecule has 10 nitrogen and oxygen atoms in total. The van der Waals surface area contributed by atoms with E-state index in [0.717, 1.165) is 16.8 Å². The van der Waals surface area contributed by atoms with E-state index in [2.05, 4.69) is 26.9 Å². The van der Waals surface area contributed by atoms with Gasteiger partial charge in [0.25, 0.3) is 5.56 Å². The van der Waals surface area contributed by atoms with Crippen molar-refractivity contribution in [2.75, 3.05) is 18.0 Å². The molecule has 0 radical (unpaired) electrons. The zero-order valence-electron chi connectivity index (χ0n) is 16.0. The number of aromatic amines is 1. The summed E-state index contributed by atoms with van der Waals surface area (Å²) in [6, 6.07) is 2.57. The van der Waals surface area contributed by atoms with Crippen LogP contribution in [0.1, 0.15) is 17.5 Å². The maximum absolute atomic E-state index is 12.4. The number of hydrogen-bond donors (Lipinski definition) is 4. The molecule has 3 rings (SSSR count). The fraction of sp³-hybridized carbons (Fsp3) is 0.316. The van der Waals surface area contributed by atoms with Gasteiger partial charge in [-0.25, -0.2) is 9.98 Å². The molecule has 1 aliphatic rings. The normalized spacial score (nSPS) is 13.2. The molecule has 0 saturated carbocycles. The number of anilines is 2. The Morgan fingerprint density at radius 1 is 1.28 bits per heavy atom. The van der Waals surface area contributed by atoms with Crippen LogP contribution in [-0.2, 0) is 9.59 Å². The summed E-state index contributed by atoms with van der Waals surface area (Å²) in [5, 5.41) is 21.0. The van der Waals surface area contributed by atoms with E-state index in [0.29, 0.717) is 11.5 Å². The first-order chi connectivity index (χ1) is 13.7. The highest BCUT2D eigenvalue weighted by atomic mass is 16.4. The molecule has 0 bridgehead atoms. The van der Waals surface area contributed by atoms with Crippen molar-refractivity contribution in [2.45, 2.75) is 26.3 Å². The molecular weight excluding hydrogens is 378 g/mol. The lowest BCUT2D eigenvalue weighted by molar-refractivity contribution is -0.145. The third-order valence-electron chi connectivity index (χ3n) is 4.70. The van der Waals surface area contributed by atoms with Crippen LogP contribution in [0, 0.1) is 13.8 Å². The lowest BCUT2D eigenvalue weighted by Crippen LogP contribution is -2.46. The Bertz CT molecular complexity index is 1160. The molecule has 2 heterocycles. The topological polar surface area (TPSA) is 148 Å². The summed E-state index contributed by atoms with van der Waals surface area (Å²) >= 11 is 0. The van der Waals surface area contributed by atoms with Crippen molar-refractivity contribution in [3.8, 4) is 0 Å². The van der Waals surface area contributed by atoms with Crippen LogP contribution in [0.5, 0.6) is 0 Å². The van der Waals surface area contributed by atoms with Crippen LogP contribution in [0.2, 0.25) is 0 Å². The first-order valence-electron chi connectivity index (χ1n) is 8.92. The maximum Gasteiger partial charge on any atom is 0.321 e. The molecule has 29 heavy (non-hydrogen) atoms. The summed E-state index contributed by atoms with van der Waals surface area (Å²) in [6.45, 7) is 7.97. The van der Waals surface area contributed by atoms with Gasteiger partial charge in [-0.1, -0.05) is 6.58 Å². The average molecular weight is 399 g/mol. The predicted octanol–water partition coefficient (Wildman–Crippen LogP) is -0.283. The molecule has 0 saturated heterocycles. The fourth-order valence-corrected chi connectivity index (χ4v) is 3.11. The van der Waals surface area contributed by atoms with Crippen molar-refractivity contribution in [1.82, 2.24) is 15.3 Å². The number of nitrogens with zero attached hydrogens (tertiary/aromatic N) is 3. The molecule has 1 aromatic heterocycles. The van der Waals surface area contributed by atoms with Gasteiger partial charge in [-0.05, 0) is 37.1 Å². The highest BCUT2D eigenvalue weighted by molar-refractivity contribution is 5.80. The fourth-order valence-electron chi connectivity index (χ4n) is 3.11. The van der Waals surface area contributed by atoms with Gasteiger partial charge in [0.2, 0.25) is 0 Å². The lowest BCUT2D eigenvalue weighted by Gasteiger charge is -2.29. The number of fused-ring (bicyclic) bond motifs is 2. The smallest absolute Gasteiger partial charge is 0.321 e. The van der Waals surface area contributed by atoms with E-state index in [4.69, 9.17) is 5.11 Å². The van der Waals surface area contributed by atoms with Gasteiger partial charge in [0.1, 0.15) is 11.5 Å². The van der Waals surface area contributed by atoms with Crippen LogP contribution in [0.3, 0.4) is 0 Å². The Morgan fingerprint density at radius 2 is 1.97 bits per heavy atom. The monoisotopic (exact) mass is 399 g/mol. The minimum absolute atomic E-state index is 0.147. The molecule has 4 N–H and O–H groups in total. The Balaban J connectivity index is 1.98. The van der Waals surface area contributed by atoms with Gasteiger partial charge in [0.15, 0.2) is 11.2 Å². The summed E-state index contributed by atoms with van der Waals surface area (Å²) in [4.78, 5) is 47.6. The van der Waals surface area contributed by atoms with Gasteiger partial charge in [-0.15, -0.1) is 0 Å². The van der Waals surface area contributed by atoms with Crippen LogP contribution >= 0.6 is 0 Å². The third-order valence-corrected chi connectivity index (χ3v) is 4.70. The molecule has 1 atom stereocenters. The molecule has 1 aliphatic heterocycles. The number of nitrogens with one attached hydrogen (secondary N) is 2. The van der Waals surface area contributed by atoms with Gasteiger partial charge >= 0.3 is 11.9 Å².